The Kier molecular flexibility index (Phi) is 4.37. The molecule has 2 fully saturated rings. The fourth-order valence-electron chi connectivity index (χ4n) is 3.95. The molecule has 6 heteroatoms. The number of hydrogen-bond donors (Lipinski definition) is 1. The van der Waals surface area contributed by atoms with Crippen LogP contribution in [0.1, 0.15) is 26.2 Å². The molecule has 1 amide bonds. The molecular formula is C19H25N3O3. The van der Waals surface area contributed by atoms with E-state index >= 15 is 0 Å². The molecule has 25 heavy (non-hydrogen) atoms. The molecule has 0 radical (unpaired) electrons. The Morgan fingerprint density at radius 2 is 2.00 bits per heavy atom. The molecule has 3 heterocycles. The summed E-state index contributed by atoms with van der Waals surface area (Å²) in [4.78, 5) is 21.4. The first-order valence-corrected chi connectivity index (χ1v) is 9.19. The Hall–Kier alpha value is -2.08. The van der Waals surface area contributed by atoms with Crippen LogP contribution >= 0.6 is 0 Å². The van der Waals surface area contributed by atoms with E-state index in [1.165, 1.54) is 0 Å². The summed E-state index contributed by atoms with van der Waals surface area (Å²) >= 11 is 0. The molecule has 0 aliphatic carbocycles. The van der Waals surface area contributed by atoms with Crippen LogP contribution in [0.25, 0.3) is 11.1 Å². The number of benzene rings is 1. The van der Waals surface area contributed by atoms with Crippen molar-refractivity contribution in [1.82, 2.24) is 9.88 Å². The zero-order chi connectivity index (χ0) is 17.4. The topological polar surface area (TPSA) is 69.8 Å². The fourth-order valence-corrected chi connectivity index (χ4v) is 3.95. The highest BCUT2D eigenvalue weighted by molar-refractivity contribution is 5.79. The summed E-state index contributed by atoms with van der Waals surface area (Å²) in [7, 11) is 0. The lowest BCUT2D eigenvalue weighted by atomic mass is 9.95. The first-order chi connectivity index (χ1) is 12.1. The van der Waals surface area contributed by atoms with Gasteiger partial charge in [0.15, 0.2) is 5.58 Å². The van der Waals surface area contributed by atoms with Crippen LogP contribution in [0.5, 0.6) is 0 Å². The van der Waals surface area contributed by atoms with E-state index in [4.69, 9.17) is 4.42 Å². The lowest BCUT2D eigenvalue weighted by Gasteiger charge is -2.32. The summed E-state index contributed by atoms with van der Waals surface area (Å²) in [5.74, 6) is 0.553. The maximum Gasteiger partial charge on any atom is 0.298 e. The number of fused-ring (bicyclic) bond motifs is 1. The van der Waals surface area contributed by atoms with E-state index in [0.717, 1.165) is 50.0 Å². The van der Waals surface area contributed by atoms with Gasteiger partial charge in [0.05, 0.1) is 6.10 Å². The summed E-state index contributed by atoms with van der Waals surface area (Å²) in [6, 6.07) is 8.43. The number of aromatic nitrogens is 1. The SMILES string of the molecule is CC(O)C1CCN(C(=O)C2CCN(c3nc4ccccc4o3)CC2)C1. The van der Waals surface area contributed by atoms with Gasteiger partial charge in [0.25, 0.3) is 6.01 Å². The van der Waals surface area contributed by atoms with Gasteiger partial charge in [-0.15, -0.1) is 0 Å². The van der Waals surface area contributed by atoms with Gasteiger partial charge in [-0.25, -0.2) is 0 Å². The summed E-state index contributed by atoms with van der Waals surface area (Å²) in [5.41, 5.74) is 1.67. The maximum absolute atomic E-state index is 12.7. The van der Waals surface area contributed by atoms with Gasteiger partial charge in [0, 0.05) is 38.0 Å². The highest BCUT2D eigenvalue weighted by Gasteiger charge is 2.34. The average Bonchev–Trinajstić information content (AvgIpc) is 3.28. The van der Waals surface area contributed by atoms with Gasteiger partial charge >= 0.3 is 0 Å². The number of amides is 1. The van der Waals surface area contributed by atoms with Gasteiger partial charge in [-0.1, -0.05) is 12.1 Å². The van der Waals surface area contributed by atoms with Crippen LogP contribution in [0.2, 0.25) is 0 Å². The second kappa shape index (κ2) is 6.67. The number of rotatable bonds is 3. The number of carbonyl (C=O) groups is 1. The third kappa shape index (κ3) is 3.23. The number of piperidine rings is 1. The number of para-hydroxylation sites is 2. The van der Waals surface area contributed by atoms with Gasteiger partial charge in [-0.2, -0.15) is 4.98 Å². The molecule has 2 saturated heterocycles. The van der Waals surface area contributed by atoms with Crippen molar-refractivity contribution in [3.8, 4) is 0 Å². The minimum Gasteiger partial charge on any atom is -0.423 e. The van der Waals surface area contributed by atoms with Crippen molar-refractivity contribution in [1.29, 1.82) is 0 Å². The summed E-state index contributed by atoms with van der Waals surface area (Å²) in [6.07, 6.45) is 2.23. The van der Waals surface area contributed by atoms with Gasteiger partial charge in [-0.3, -0.25) is 4.79 Å². The molecule has 1 aromatic heterocycles. The quantitative estimate of drug-likeness (QED) is 0.926. The molecule has 4 rings (SSSR count). The maximum atomic E-state index is 12.7. The molecule has 1 N–H and O–H groups in total. The number of nitrogens with zero attached hydrogens (tertiary/aromatic N) is 3. The van der Waals surface area contributed by atoms with E-state index in [0.29, 0.717) is 12.6 Å². The van der Waals surface area contributed by atoms with Crippen LogP contribution in [0.3, 0.4) is 0 Å². The van der Waals surface area contributed by atoms with Crippen LogP contribution in [-0.4, -0.2) is 53.2 Å². The average molecular weight is 343 g/mol. The largest absolute Gasteiger partial charge is 0.423 e. The smallest absolute Gasteiger partial charge is 0.298 e. The second-order valence-corrected chi connectivity index (χ2v) is 7.30. The van der Waals surface area contributed by atoms with E-state index in [1.54, 1.807) is 0 Å². The van der Waals surface area contributed by atoms with Gasteiger partial charge < -0.3 is 19.3 Å². The van der Waals surface area contributed by atoms with Crippen molar-refractivity contribution in [2.75, 3.05) is 31.1 Å². The van der Waals surface area contributed by atoms with Crippen LogP contribution < -0.4 is 4.90 Å². The molecule has 0 saturated carbocycles. The third-order valence-corrected chi connectivity index (χ3v) is 5.62. The first-order valence-electron chi connectivity index (χ1n) is 9.19. The number of carbonyl (C=O) groups excluding carboxylic acids is 1. The molecular weight excluding hydrogens is 318 g/mol. The predicted molar refractivity (Wildman–Crippen MR) is 95.3 cm³/mol. The molecule has 0 spiro atoms. The fraction of sp³-hybridized carbons (Fsp3) is 0.579. The van der Waals surface area contributed by atoms with Crippen LogP contribution in [0, 0.1) is 11.8 Å². The van der Waals surface area contributed by atoms with Crippen LogP contribution in [-0.2, 0) is 4.79 Å². The first kappa shape index (κ1) is 16.4. The van der Waals surface area contributed by atoms with Crippen molar-refractivity contribution in [3.63, 3.8) is 0 Å². The van der Waals surface area contributed by atoms with Gasteiger partial charge in [0.2, 0.25) is 5.91 Å². The summed E-state index contributed by atoms with van der Waals surface area (Å²) in [5, 5.41) is 9.72. The Bertz CT molecular complexity index is 716. The van der Waals surface area contributed by atoms with Crippen molar-refractivity contribution in [2.45, 2.75) is 32.3 Å². The normalized spacial score (nSPS) is 23.4. The van der Waals surface area contributed by atoms with E-state index in [-0.39, 0.29) is 23.8 Å². The highest BCUT2D eigenvalue weighted by Crippen LogP contribution is 2.29. The number of aliphatic hydroxyl groups excluding tert-OH is 1. The molecule has 2 aliphatic rings. The number of oxazole rings is 1. The molecule has 6 nitrogen and oxygen atoms in total. The van der Waals surface area contributed by atoms with Crippen molar-refractivity contribution in [3.05, 3.63) is 24.3 Å². The van der Waals surface area contributed by atoms with Crippen LogP contribution in [0.15, 0.2) is 28.7 Å². The predicted octanol–water partition coefficient (Wildman–Crippen LogP) is 2.27. The number of anilines is 1. The zero-order valence-corrected chi connectivity index (χ0v) is 14.6. The Labute approximate surface area is 147 Å². The number of likely N-dealkylation sites (tertiary alicyclic amines) is 1. The van der Waals surface area contributed by atoms with Crippen LogP contribution in [0.4, 0.5) is 6.01 Å². The second-order valence-electron chi connectivity index (χ2n) is 7.30. The number of aliphatic hydroxyl groups is 1. The third-order valence-electron chi connectivity index (χ3n) is 5.62. The molecule has 2 aliphatic heterocycles. The van der Waals surface area contributed by atoms with Gasteiger partial charge in [-0.05, 0) is 38.3 Å². The Balaban J connectivity index is 1.36. The molecule has 2 atom stereocenters. The van der Waals surface area contributed by atoms with Crippen molar-refractivity contribution < 1.29 is 14.3 Å². The lowest BCUT2D eigenvalue weighted by Crippen LogP contribution is -2.42. The summed E-state index contributed by atoms with van der Waals surface area (Å²) < 4.78 is 5.84. The minimum absolute atomic E-state index is 0.0772. The van der Waals surface area contributed by atoms with E-state index in [9.17, 15) is 9.90 Å². The van der Waals surface area contributed by atoms with Crippen molar-refractivity contribution >= 4 is 23.0 Å². The summed E-state index contributed by atoms with van der Waals surface area (Å²) in [6.45, 7) is 4.87. The van der Waals surface area contributed by atoms with E-state index in [2.05, 4.69) is 9.88 Å². The van der Waals surface area contributed by atoms with Gasteiger partial charge in [0.1, 0.15) is 5.52 Å². The van der Waals surface area contributed by atoms with E-state index in [1.807, 2.05) is 36.1 Å². The Morgan fingerprint density at radius 3 is 2.68 bits per heavy atom. The van der Waals surface area contributed by atoms with E-state index < -0.39 is 0 Å². The standard InChI is InChI=1S/C19H25N3O3/c1-13(23)15-8-11-22(12-15)18(24)14-6-9-21(10-7-14)19-20-16-4-2-3-5-17(16)25-19/h2-5,13-15,23H,6-12H2,1H3. The Morgan fingerprint density at radius 1 is 1.24 bits per heavy atom. The molecule has 2 aromatic rings. The lowest BCUT2D eigenvalue weighted by molar-refractivity contribution is -0.135. The molecule has 134 valence electrons. The minimum atomic E-state index is -0.334. The zero-order valence-electron chi connectivity index (χ0n) is 14.6. The molecule has 2 unspecified atom stereocenters. The van der Waals surface area contributed by atoms with Crippen molar-refractivity contribution in [2.24, 2.45) is 11.8 Å². The monoisotopic (exact) mass is 343 g/mol. The molecule has 0 bridgehead atoms. The highest BCUT2D eigenvalue weighted by atomic mass is 16.4. The number of hydrogen-bond acceptors (Lipinski definition) is 5. The molecule has 1 aromatic carbocycles.